The first-order valence-electron chi connectivity index (χ1n) is 7.37. The Balaban J connectivity index is 2.12. The second-order valence-electron chi connectivity index (χ2n) is 5.25. The summed E-state index contributed by atoms with van der Waals surface area (Å²) in [5, 5.41) is 10.4. The summed E-state index contributed by atoms with van der Waals surface area (Å²) in [7, 11) is -6.85. The van der Waals surface area contributed by atoms with Gasteiger partial charge in [-0.15, -0.1) is 0 Å². The van der Waals surface area contributed by atoms with Gasteiger partial charge in [0.1, 0.15) is 0 Å². The van der Waals surface area contributed by atoms with Crippen molar-refractivity contribution in [1.82, 2.24) is 4.49 Å². The van der Waals surface area contributed by atoms with E-state index in [1.807, 2.05) is 36.4 Å². The molecule has 24 heavy (non-hydrogen) atoms. The first kappa shape index (κ1) is 16.7. The Morgan fingerprint density at radius 3 is 1.46 bits per heavy atom. The molecule has 4 nitrogen and oxygen atoms in total. The Hall–Kier alpha value is -2.20. The first-order valence-corrected chi connectivity index (χ1v) is 10.6. The summed E-state index contributed by atoms with van der Waals surface area (Å²) < 4.78 is 28.3. The van der Waals surface area contributed by atoms with Crippen LogP contribution in [0, 0.1) is 5.16 Å². The zero-order valence-corrected chi connectivity index (χ0v) is 14.5. The van der Waals surface area contributed by atoms with E-state index in [2.05, 4.69) is 4.49 Å². The number of rotatable bonds is 5. The molecule has 2 N–H and O–H groups in total. The fourth-order valence-electron chi connectivity index (χ4n) is 2.39. The van der Waals surface area contributed by atoms with Crippen molar-refractivity contribution >= 4 is 27.8 Å². The Morgan fingerprint density at radius 2 is 1.04 bits per heavy atom. The smallest absolute Gasteiger partial charge is 0.245 e. The van der Waals surface area contributed by atoms with E-state index in [0.29, 0.717) is 10.6 Å². The fraction of sp³-hybridized carbons (Fsp3) is 0. The summed E-state index contributed by atoms with van der Waals surface area (Å²) in [6.45, 7) is 0. The van der Waals surface area contributed by atoms with Crippen LogP contribution in [0.3, 0.4) is 0 Å². The van der Waals surface area contributed by atoms with Crippen LogP contribution in [0.5, 0.6) is 0 Å². The first-order chi connectivity index (χ1) is 11.5. The molecule has 122 valence electrons. The Kier molecular flexibility index (Phi) is 4.67. The van der Waals surface area contributed by atoms with Crippen LogP contribution < -0.4 is 15.1 Å². The molecule has 0 unspecified atom stereocenters. The van der Waals surface area contributed by atoms with Crippen molar-refractivity contribution in [3.63, 3.8) is 0 Å². The van der Waals surface area contributed by atoms with Gasteiger partial charge >= 0.3 is 0 Å². The molecule has 0 aliphatic heterocycles. The van der Waals surface area contributed by atoms with Gasteiger partial charge < -0.3 is 0 Å². The number of hydrogen-bond acceptors (Lipinski definition) is 3. The molecule has 0 aromatic heterocycles. The molecule has 0 heterocycles. The predicted molar refractivity (Wildman–Crippen MR) is 98.6 cm³/mol. The lowest BCUT2D eigenvalue weighted by atomic mass is 10.4. The SMILES string of the molecule is N=P(NS(=O)(=O)c1ccccc1)(c1ccccc1)c1ccccc1. The minimum Gasteiger partial charge on any atom is -0.294 e. The maximum Gasteiger partial charge on any atom is 0.245 e. The summed E-state index contributed by atoms with van der Waals surface area (Å²) in [4.78, 5) is 0.161. The van der Waals surface area contributed by atoms with E-state index in [9.17, 15) is 8.42 Å². The lowest BCUT2D eigenvalue weighted by Crippen LogP contribution is -2.31. The van der Waals surface area contributed by atoms with Gasteiger partial charge in [-0.25, -0.2) is 8.42 Å². The molecular formula is C18H17N2O2PS. The second kappa shape index (κ2) is 6.73. The van der Waals surface area contributed by atoms with Gasteiger partial charge in [0.2, 0.25) is 10.0 Å². The van der Waals surface area contributed by atoms with E-state index in [4.69, 9.17) is 5.16 Å². The van der Waals surface area contributed by atoms with Gasteiger partial charge in [-0.1, -0.05) is 78.9 Å². The van der Waals surface area contributed by atoms with E-state index >= 15 is 0 Å². The zero-order chi connectivity index (χ0) is 17.0. The normalized spacial score (nSPS) is 12.0. The van der Waals surface area contributed by atoms with Crippen LogP contribution in [-0.4, -0.2) is 8.42 Å². The van der Waals surface area contributed by atoms with Crippen LogP contribution in [0.4, 0.5) is 0 Å². The summed E-state index contributed by atoms with van der Waals surface area (Å²) in [6, 6.07) is 26.3. The molecule has 3 aromatic carbocycles. The summed E-state index contributed by atoms with van der Waals surface area (Å²) in [5.41, 5.74) is 0. The van der Waals surface area contributed by atoms with Crippen molar-refractivity contribution in [2.75, 3.05) is 0 Å². The van der Waals surface area contributed by atoms with Crippen LogP contribution in [0.25, 0.3) is 0 Å². The summed E-state index contributed by atoms with van der Waals surface area (Å²) in [6.07, 6.45) is 0. The maximum absolute atomic E-state index is 12.8. The van der Waals surface area contributed by atoms with Crippen molar-refractivity contribution in [3.8, 4) is 0 Å². The maximum atomic E-state index is 12.8. The Morgan fingerprint density at radius 1 is 0.667 bits per heavy atom. The fourth-order valence-corrected chi connectivity index (χ4v) is 7.15. The quantitative estimate of drug-likeness (QED) is 0.689. The number of sulfonamides is 1. The summed E-state index contributed by atoms with van der Waals surface area (Å²) >= 11 is 0. The molecule has 6 heteroatoms. The molecule has 0 saturated heterocycles. The van der Waals surface area contributed by atoms with Crippen molar-refractivity contribution in [2.24, 2.45) is 0 Å². The minimum absolute atomic E-state index is 0.161. The topological polar surface area (TPSA) is 70.0 Å². The molecule has 0 amide bonds. The highest BCUT2D eigenvalue weighted by molar-refractivity contribution is 7.99. The van der Waals surface area contributed by atoms with E-state index in [1.165, 1.54) is 12.1 Å². The third-order valence-corrected chi connectivity index (χ3v) is 8.69. The molecule has 0 spiro atoms. The third-order valence-electron chi connectivity index (χ3n) is 3.60. The van der Waals surface area contributed by atoms with Crippen LogP contribution in [0.2, 0.25) is 0 Å². The van der Waals surface area contributed by atoms with E-state index in [0.717, 1.165) is 0 Å². The highest BCUT2D eigenvalue weighted by Crippen LogP contribution is 2.41. The number of nitrogens with one attached hydrogen (secondary N) is 2. The van der Waals surface area contributed by atoms with Gasteiger partial charge in [0.05, 0.1) is 12.1 Å². The van der Waals surface area contributed by atoms with Gasteiger partial charge in [0.25, 0.3) is 0 Å². The molecule has 0 bridgehead atoms. The van der Waals surface area contributed by atoms with Gasteiger partial charge in [0, 0.05) is 10.6 Å². The van der Waals surface area contributed by atoms with Crippen molar-refractivity contribution < 1.29 is 8.42 Å². The minimum atomic E-state index is -3.80. The second-order valence-corrected chi connectivity index (χ2v) is 9.83. The Bertz CT molecular complexity index is 916. The van der Waals surface area contributed by atoms with Gasteiger partial charge in [0.15, 0.2) is 0 Å². The molecule has 0 aliphatic rings. The molecule has 0 atom stereocenters. The lowest BCUT2D eigenvalue weighted by Gasteiger charge is -2.24. The molecule has 3 rings (SSSR count). The molecular weight excluding hydrogens is 339 g/mol. The predicted octanol–water partition coefficient (Wildman–Crippen LogP) is 3.31. The van der Waals surface area contributed by atoms with Crippen molar-refractivity contribution in [3.05, 3.63) is 91.0 Å². The largest absolute Gasteiger partial charge is 0.294 e. The van der Waals surface area contributed by atoms with Crippen LogP contribution in [-0.2, 0) is 10.0 Å². The molecule has 0 fully saturated rings. The van der Waals surface area contributed by atoms with Gasteiger partial charge in [-0.3, -0.25) is 5.16 Å². The van der Waals surface area contributed by atoms with Gasteiger partial charge in [-0.05, 0) is 12.1 Å². The van der Waals surface area contributed by atoms with Crippen LogP contribution in [0.1, 0.15) is 0 Å². The number of hydrogen-bond donors (Lipinski definition) is 2. The molecule has 0 saturated carbocycles. The monoisotopic (exact) mass is 356 g/mol. The van der Waals surface area contributed by atoms with Crippen molar-refractivity contribution in [2.45, 2.75) is 4.90 Å². The van der Waals surface area contributed by atoms with Crippen molar-refractivity contribution in [1.29, 1.82) is 5.16 Å². The third kappa shape index (κ3) is 3.34. The summed E-state index contributed by atoms with van der Waals surface area (Å²) in [5.74, 6) is 0. The lowest BCUT2D eigenvalue weighted by molar-refractivity contribution is 0.594. The van der Waals surface area contributed by atoms with E-state index in [1.54, 1.807) is 42.5 Å². The average molecular weight is 356 g/mol. The highest BCUT2D eigenvalue weighted by Gasteiger charge is 2.28. The van der Waals surface area contributed by atoms with Crippen LogP contribution in [0.15, 0.2) is 95.9 Å². The Labute approximate surface area is 142 Å². The highest BCUT2D eigenvalue weighted by atomic mass is 32.2. The number of benzene rings is 3. The van der Waals surface area contributed by atoms with E-state index in [-0.39, 0.29) is 4.90 Å². The standard InChI is InChI=1S/C18H17N2O2PS/c19-23(16-10-4-1-5-11-16,17-12-6-2-7-13-17)20-24(21,22)18-14-8-3-9-15-18/h1-15H,(H2,19,20). The average Bonchev–Trinajstić information content (AvgIpc) is 2.63. The van der Waals surface area contributed by atoms with Gasteiger partial charge in [-0.2, -0.15) is 4.49 Å². The molecule has 0 aliphatic carbocycles. The molecule has 0 radical (unpaired) electrons. The molecule has 3 aromatic rings. The van der Waals surface area contributed by atoms with Crippen LogP contribution >= 0.6 is 7.21 Å². The van der Waals surface area contributed by atoms with E-state index < -0.39 is 17.2 Å². The zero-order valence-electron chi connectivity index (χ0n) is 12.8.